The van der Waals surface area contributed by atoms with Crippen molar-refractivity contribution in [1.29, 1.82) is 0 Å². The lowest BCUT2D eigenvalue weighted by atomic mass is 10.1. The molecule has 0 spiro atoms. The first-order chi connectivity index (χ1) is 14.5. The molecule has 1 fully saturated rings. The first kappa shape index (κ1) is 20.8. The number of halogens is 1. The Bertz CT molecular complexity index is 1050. The molecule has 6 nitrogen and oxygen atoms in total. The molecule has 1 aliphatic rings. The van der Waals surface area contributed by atoms with Crippen molar-refractivity contribution in [3.8, 4) is 17.2 Å². The summed E-state index contributed by atoms with van der Waals surface area (Å²) in [5, 5.41) is 4.18. The maximum Gasteiger partial charge on any atom is 0.220 e. The standard InChI is InChI=1S/C23H26BrN3O3/c1-26(13-15-7-8-23(28)25-15)14-18-21(29-2)11-16(12-22(18)30-3)27-10-9-17-19(24)5-4-6-20(17)27/h4-6,9-12,15H,7-8,13-14H2,1-3H3,(H,25,28)/t15-/m0/s1. The van der Waals surface area contributed by atoms with E-state index in [2.05, 4.69) is 49.0 Å². The number of carbonyl (C=O) groups excluding carboxylic acids is 1. The molecule has 1 amide bonds. The molecule has 2 heterocycles. The highest BCUT2D eigenvalue weighted by Crippen LogP contribution is 2.35. The van der Waals surface area contributed by atoms with E-state index in [1.165, 1.54) is 0 Å². The number of ether oxygens (including phenoxy) is 2. The summed E-state index contributed by atoms with van der Waals surface area (Å²) in [7, 11) is 5.42. The van der Waals surface area contributed by atoms with Gasteiger partial charge in [0.15, 0.2) is 0 Å². The fourth-order valence-electron chi connectivity index (χ4n) is 4.15. The van der Waals surface area contributed by atoms with E-state index in [1.54, 1.807) is 14.2 Å². The van der Waals surface area contributed by atoms with E-state index in [9.17, 15) is 4.79 Å². The van der Waals surface area contributed by atoms with Crippen molar-refractivity contribution in [1.82, 2.24) is 14.8 Å². The van der Waals surface area contributed by atoms with Crippen molar-refractivity contribution < 1.29 is 14.3 Å². The SMILES string of the molecule is COc1cc(-n2ccc3c(Br)cccc32)cc(OC)c1CN(C)C[C@@H]1CCC(=O)N1. The van der Waals surface area contributed by atoms with Gasteiger partial charge >= 0.3 is 0 Å². The van der Waals surface area contributed by atoms with Gasteiger partial charge in [-0.05, 0) is 31.7 Å². The van der Waals surface area contributed by atoms with Gasteiger partial charge < -0.3 is 19.4 Å². The lowest BCUT2D eigenvalue weighted by molar-refractivity contribution is -0.119. The summed E-state index contributed by atoms with van der Waals surface area (Å²) in [4.78, 5) is 13.7. The Morgan fingerprint density at radius 1 is 1.20 bits per heavy atom. The van der Waals surface area contributed by atoms with E-state index in [0.29, 0.717) is 13.0 Å². The first-order valence-corrected chi connectivity index (χ1v) is 10.8. The molecular formula is C23H26BrN3O3. The Morgan fingerprint density at radius 3 is 2.57 bits per heavy atom. The van der Waals surface area contributed by atoms with Gasteiger partial charge in [0.2, 0.25) is 5.91 Å². The van der Waals surface area contributed by atoms with E-state index >= 15 is 0 Å². The number of benzene rings is 2. The molecule has 30 heavy (non-hydrogen) atoms. The lowest BCUT2D eigenvalue weighted by Crippen LogP contribution is -2.36. The molecule has 2 aromatic carbocycles. The van der Waals surface area contributed by atoms with E-state index in [-0.39, 0.29) is 11.9 Å². The molecule has 4 rings (SSSR count). The van der Waals surface area contributed by atoms with Crippen LogP contribution >= 0.6 is 15.9 Å². The number of methoxy groups -OCH3 is 2. The van der Waals surface area contributed by atoms with Crippen LogP contribution in [0, 0.1) is 0 Å². The average Bonchev–Trinajstić information content (AvgIpc) is 3.35. The topological polar surface area (TPSA) is 55.7 Å². The predicted octanol–water partition coefficient (Wildman–Crippen LogP) is 4.12. The van der Waals surface area contributed by atoms with Crippen LogP contribution < -0.4 is 14.8 Å². The zero-order valence-corrected chi connectivity index (χ0v) is 19.0. The van der Waals surface area contributed by atoms with E-state index < -0.39 is 0 Å². The molecular weight excluding hydrogens is 446 g/mol. The third-order valence-electron chi connectivity index (χ3n) is 5.60. The number of likely N-dealkylation sites (N-methyl/N-ethyl adjacent to an activating group) is 1. The number of aromatic nitrogens is 1. The van der Waals surface area contributed by atoms with Crippen LogP contribution in [-0.4, -0.2) is 49.2 Å². The second kappa shape index (κ2) is 8.70. The number of fused-ring (bicyclic) bond motifs is 1. The van der Waals surface area contributed by atoms with Crippen LogP contribution in [-0.2, 0) is 11.3 Å². The molecule has 7 heteroatoms. The van der Waals surface area contributed by atoms with Gasteiger partial charge in [0.1, 0.15) is 11.5 Å². The molecule has 1 N–H and O–H groups in total. The molecule has 0 unspecified atom stereocenters. The van der Waals surface area contributed by atoms with Gasteiger partial charge in [-0.25, -0.2) is 0 Å². The van der Waals surface area contributed by atoms with Crippen molar-refractivity contribution in [2.24, 2.45) is 0 Å². The third kappa shape index (κ3) is 4.04. The Hall–Kier alpha value is -2.51. The highest BCUT2D eigenvalue weighted by Gasteiger charge is 2.23. The number of nitrogens with one attached hydrogen (secondary N) is 1. The van der Waals surface area contributed by atoms with Crippen molar-refractivity contribution >= 4 is 32.7 Å². The summed E-state index contributed by atoms with van der Waals surface area (Å²) in [6, 6.07) is 12.5. The van der Waals surface area contributed by atoms with Crippen LogP contribution in [0.2, 0.25) is 0 Å². The van der Waals surface area contributed by atoms with E-state index in [4.69, 9.17) is 9.47 Å². The number of nitrogens with zero attached hydrogens (tertiary/aromatic N) is 2. The Morgan fingerprint density at radius 2 is 1.93 bits per heavy atom. The molecule has 0 saturated carbocycles. The molecule has 1 aromatic heterocycles. The van der Waals surface area contributed by atoms with E-state index in [1.807, 2.05) is 31.3 Å². The fourth-order valence-corrected chi connectivity index (χ4v) is 4.63. The third-order valence-corrected chi connectivity index (χ3v) is 6.29. The maximum absolute atomic E-state index is 11.5. The summed E-state index contributed by atoms with van der Waals surface area (Å²) < 4.78 is 14.7. The monoisotopic (exact) mass is 471 g/mol. The van der Waals surface area contributed by atoms with Gasteiger partial charge in [-0.3, -0.25) is 9.69 Å². The Balaban J connectivity index is 1.65. The minimum absolute atomic E-state index is 0.137. The number of rotatable bonds is 7. The second-order valence-corrected chi connectivity index (χ2v) is 8.54. The van der Waals surface area contributed by atoms with Gasteiger partial charge in [-0.1, -0.05) is 22.0 Å². The number of carbonyl (C=O) groups is 1. The summed E-state index contributed by atoms with van der Waals surface area (Å²) in [6.45, 7) is 1.45. The minimum atomic E-state index is 0.137. The zero-order chi connectivity index (χ0) is 21.3. The van der Waals surface area contributed by atoms with Gasteiger partial charge in [0, 0.05) is 53.7 Å². The van der Waals surface area contributed by atoms with Gasteiger partial charge in [0.25, 0.3) is 0 Å². The van der Waals surface area contributed by atoms with Crippen molar-refractivity contribution in [3.63, 3.8) is 0 Å². The maximum atomic E-state index is 11.5. The smallest absolute Gasteiger partial charge is 0.220 e. The van der Waals surface area contributed by atoms with Crippen LogP contribution in [0.25, 0.3) is 16.6 Å². The van der Waals surface area contributed by atoms with Crippen molar-refractivity contribution in [2.75, 3.05) is 27.8 Å². The lowest BCUT2D eigenvalue weighted by Gasteiger charge is -2.24. The van der Waals surface area contributed by atoms with E-state index in [0.717, 1.165) is 51.1 Å². The van der Waals surface area contributed by atoms with Crippen LogP contribution in [0.15, 0.2) is 47.1 Å². The van der Waals surface area contributed by atoms with Gasteiger partial charge in [-0.2, -0.15) is 0 Å². The van der Waals surface area contributed by atoms with Crippen molar-refractivity contribution in [3.05, 3.63) is 52.6 Å². The number of amides is 1. The average molecular weight is 472 g/mol. The molecule has 3 aromatic rings. The van der Waals surface area contributed by atoms with Crippen LogP contribution in [0.1, 0.15) is 18.4 Å². The molecule has 1 saturated heterocycles. The largest absolute Gasteiger partial charge is 0.496 e. The van der Waals surface area contributed by atoms with Crippen LogP contribution in [0.5, 0.6) is 11.5 Å². The van der Waals surface area contributed by atoms with Crippen molar-refractivity contribution in [2.45, 2.75) is 25.4 Å². The molecule has 0 aliphatic carbocycles. The highest BCUT2D eigenvalue weighted by molar-refractivity contribution is 9.10. The summed E-state index contributed by atoms with van der Waals surface area (Å²) >= 11 is 3.62. The Labute approximate surface area is 184 Å². The zero-order valence-electron chi connectivity index (χ0n) is 17.4. The number of hydrogen-bond donors (Lipinski definition) is 1. The molecule has 0 bridgehead atoms. The van der Waals surface area contributed by atoms with Crippen LogP contribution in [0.3, 0.4) is 0 Å². The van der Waals surface area contributed by atoms with Gasteiger partial charge in [0.05, 0.1) is 31.0 Å². The Kier molecular flexibility index (Phi) is 6.01. The van der Waals surface area contributed by atoms with Crippen LogP contribution in [0.4, 0.5) is 0 Å². The van der Waals surface area contributed by atoms with Gasteiger partial charge in [-0.15, -0.1) is 0 Å². The molecule has 0 radical (unpaired) electrons. The first-order valence-electron chi connectivity index (χ1n) is 9.99. The molecule has 158 valence electrons. The fraction of sp³-hybridized carbons (Fsp3) is 0.348. The summed E-state index contributed by atoms with van der Waals surface area (Å²) in [6.07, 6.45) is 3.55. The highest BCUT2D eigenvalue weighted by atomic mass is 79.9. The summed E-state index contributed by atoms with van der Waals surface area (Å²) in [5.41, 5.74) is 3.08. The minimum Gasteiger partial charge on any atom is -0.496 e. The predicted molar refractivity (Wildman–Crippen MR) is 122 cm³/mol. The normalized spacial score (nSPS) is 16.3. The quantitative estimate of drug-likeness (QED) is 0.562. The molecule has 1 aliphatic heterocycles. The number of hydrogen-bond acceptors (Lipinski definition) is 4. The second-order valence-electron chi connectivity index (χ2n) is 7.69. The molecule has 1 atom stereocenters. The summed E-state index contributed by atoms with van der Waals surface area (Å²) in [5.74, 6) is 1.70.